The molecule has 0 N–H and O–H groups in total. The number of ether oxygens (including phenoxy) is 1. The summed E-state index contributed by atoms with van der Waals surface area (Å²) in [6.45, 7) is 3.34. The maximum Gasteiger partial charge on any atom is 0.119 e. The van der Waals surface area contributed by atoms with E-state index in [1.165, 1.54) is 0 Å². The average molecular weight is 241 g/mol. The molecule has 0 amide bonds. The molecule has 0 aliphatic heterocycles. The van der Waals surface area contributed by atoms with Crippen LogP contribution >= 0.6 is 0 Å². The Kier molecular flexibility index (Phi) is 3.98. The van der Waals surface area contributed by atoms with Crippen LogP contribution in [0.25, 0.3) is 0 Å². The van der Waals surface area contributed by atoms with Crippen molar-refractivity contribution in [1.29, 1.82) is 5.26 Å². The van der Waals surface area contributed by atoms with E-state index >= 15 is 0 Å². The van der Waals surface area contributed by atoms with Gasteiger partial charge in [0.1, 0.15) is 12.4 Å². The number of aromatic nitrogens is 2. The highest BCUT2D eigenvalue weighted by atomic mass is 16.5. The average Bonchev–Trinajstić information content (AvgIpc) is 2.78. The van der Waals surface area contributed by atoms with Gasteiger partial charge in [-0.15, -0.1) is 0 Å². The van der Waals surface area contributed by atoms with Crippen LogP contribution in [0.15, 0.2) is 36.5 Å². The normalized spacial score (nSPS) is 10.0. The summed E-state index contributed by atoms with van der Waals surface area (Å²) >= 11 is 0. The van der Waals surface area contributed by atoms with Gasteiger partial charge in [-0.25, -0.2) is 0 Å². The minimum Gasteiger partial charge on any atom is -0.492 e. The molecular formula is C14H15N3O. The van der Waals surface area contributed by atoms with Gasteiger partial charge in [-0.05, 0) is 30.7 Å². The Bertz CT molecular complexity index is 537. The summed E-state index contributed by atoms with van der Waals surface area (Å²) in [5, 5.41) is 12.8. The third-order valence-electron chi connectivity index (χ3n) is 2.71. The lowest BCUT2D eigenvalue weighted by atomic mass is 10.2. The molecule has 0 unspecified atom stereocenters. The molecule has 0 atom stereocenters. The van der Waals surface area contributed by atoms with Crippen molar-refractivity contribution in [3.63, 3.8) is 0 Å². The summed E-state index contributed by atoms with van der Waals surface area (Å²) in [5.74, 6) is 0.821. The molecule has 18 heavy (non-hydrogen) atoms. The van der Waals surface area contributed by atoms with E-state index in [9.17, 15) is 0 Å². The lowest BCUT2D eigenvalue weighted by molar-refractivity contribution is 0.290. The zero-order valence-electron chi connectivity index (χ0n) is 10.3. The van der Waals surface area contributed by atoms with E-state index in [4.69, 9.17) is 10.00 Å². The van der Waals surface area contributed by atoms with E-state index in [-0.39, 0.29) is 0 Å². The second-order valence-corrected chi connectivity index (χ2v) is 4.02. The highest BCUT2D eigenvalue weighted by molar-refractivity contribution is 5.28. The molecule has 1 aromatic carbocycles. The fraction of sp³-hybridized carbons (Fsp3) is 0.286. The summed E-state index contributed by atoms with van der Waals surface area (Å²) in [7, 11) is 0. The first-order valence-corrected chi connectivity index (χ1v) is 5.86. The highest BCUT2D eigenvalue weighted by Gasteiger charge is 1.98. The Morgan fingerprint density at radius 3 is 2.67 bits per heavy atom. The van der Waals surface area contributed by atoms with Crippen LogP contribution in [0.2, 0.25) is 0 Å². The predicted octanol–water partition coefficient (Wildman–Crippen LogP) is 2.34. The van der Waals surface area contributed by atoms with Gasteiger partial charge in [0, 0.05) is 11.9 Å². The smallest absolute Gasteiger partial charge is 0.119 e. The zero-order chi connectivity index (χ0) is 12.8. The summed E-state index contributed by atoms with van der Waals surface area (Å²) in [5.41, 5.74) is 2.13. The molecule has 0 aliphatic carbocycles. The molecule has 92 valence electrons. The largest absolute Gasteiger partial charge is 0.492 e. The molecular weight excluding hydrogens is 226 g/mol. The van der Waals surface area contributed by atoms with Crippen molar-refractivity contribution in [2.24, 2.45) is 0 Å². The lowest BCUT2D eigenvalue weighted by Gasteiger charge is -2.07. The molecule has 4 heteroatoms. The van der Waals surface area contributed by atoms with Crippen LogP contribution < -0.4 is 4.74 Å². The minimum absolute atomic E-state index is 0.437. The topological polar surface area (TPSA) is 50.8 Å². The van der Waals surface area contributed by atoms with E-state index in [0.29, 0.717) is 13.0 Å². The number of hydrogen-bond acceptors (Lipinski definition) is 3. The molecule has 1 heterocycles. The number of nitriles is 1. The Morgan fingerprint density at radius 2 is 2.06 bits per heavy atom. The Morgan fingerprint density at radius 1 is 1.28 bits per heavy atom. The van der Waals surface area contributed by atoms with Crippen molar-refractivity contribution in [1.82, 2.24) is 9.78 Å². The van der Waals surface area contributed by atoms with Crippen LogP contribution in [0.5, 0.6) is 5.75 Å². The Hall–Kier alpha value is -2.28. The number of hydrogen-bond donors (Lipinski definition) is 0. The van der Waals surface area contributed by atoms with Gasteiger partial charge in [-0.1, -0.05) is 12.1 Å². The number of rotatable bonds is 5. The minimum atomic E-state index is 0.437. The third kappa shape index (κ3) is 3.11. The van der Waals surface area contributed by atoms with Gasteiger partial charge in [0.15, 0.2) is 0 Å². The van der Waals surface area contributed by atoms with Crippen LogP contribution in [0, 0.1) is 18.3 Å². The predicted molar refractivity (Wildman–Crippen MR) is 68.2 cm³/mol. The Labute approximate surface area is 106 Å². The monoisotopic (exact) mass is 241 g/mol. The van der Waals surface area contributed by atoms with Gasteiger partial charge in [0.2, 0.25) is 0 Å². The first-order chi connectivity index (χ1) is 8.79. The number of nitrogens with zero attached hydrogens (tertiary/aromatic N) is 3. The molecule has 2 rings (SSSR count). The van der Waals surface area contributed by atoms with E-state index in [2.05, 4.69) is 11.2 Å². The first-order valence-electron chi connectivity index (χ1n) is 5.86. The molecule has 0 radical (unpaired) electrons. The standard InChI is InChI=1S/C14H15N3O/c1-12-7-9-16-17(12)10-11-18-14-4-2-13(3-5-14)6-8-15/h2-5,7,9H,6,10-11H2,1H3. The van der Waals surface area contributed by atoms with Crippen LogP contribution in [0.3, 0.4) is 0 Å². The molecule has 0 aliphatic rings. The maximum absolute atomic E-state index is 8.57. The van der Waals surface area contributed by atoms with Gasteiger partial charge >= 0.3 is 0 Å². The van der Waals surface area contributed by atoms with Gasteiger partial charge in [0.05, 0.1) is 19.0 Å². The summed E-state index contributed by atoms with van der Waals surface area (Å²) in [6.07, 6.45) is 2.22. The Balaban J connectivity index is 1.83. The summed E-state index contributed by atoms with van der Waals surface area (Å²) in [4.78, 5) is 0. The second-order valence-electron chi connectivity index (χ2n) is 4.02. The van der Waals surface area contributed by atoms with Gasteiger partial charge in [-0.3, -0.25) is 4.68 Å². The van der Waals surface area contributed by atoms with Crippen molar-refractivity contribution >= 4 is 0 Å². The number of benzene rings is 1. The van der Waals surface area contributed by atoms with E-state index in [1.807, 2.05) is 41.9 Å². The SMILES string of the molecule is Cc1ccnn1CCOc1ccc(CC#N)cc1. The fourth-order valence-electron chi connectivity index (χ4n) is 1.68. The molecule has 0 fully saturated rings. The molecule has 0 saturated heterocycles. The molecule has 1 aromatic heterocycles. The fourth-order valence-corrected chi connectivity index (χ4v) is 1.68. The maximum atomic E-state index is 8.57. The quantitative estimate of drug-likeness (QED) is 0.807. The lowest BCUT2D eigenvalue weighted by Crippen LogP contribution is -2.10. The van der Waals surface area contributed by atoms with Crippen LogP contribution in [0.1, 0.15) is 11.3 Å². The van der Waals surface area contributed by atoms with E-state index in [0.717, 1.165) is 23.6 Å². The second kappa shape index (κ2) is 5.87. The van der Waals surface area contributed by atoms with Crippen molar-refractivity contribution in [2.45, 2.75) is 19.9 Å². The van der Waals surface area contributed by atoms with Gasteiger partial charge in [0.25, 0.3) is 0 Å². The van der Waals surface area contributed by atoms with Gasteiger partial charge in [-0.2, -0.15) is 10.4 Å². The van der Waals surface area contributed by atoms with Gasteiger partial charge < -0.3 is 4.74 Å². The van der Waals surface area contributed by atoms with Crippen molar-refractivity contribution < 1.29 is 4.74 Å². The summed E-state index contributed by atoms with van der Waals surface area (Å²) < 4.78 is 7.53. The third-order valence-corrected chi connectivity index (χ3v) is 2.71. The van der Waals surface area contributed by atoms with Crippen LogP contribution in [-0.2, 0) is 13.0 Å². The van der Waals surface area contributed by atoms with Crippen molar-refractivity contribution in [3.05, 3.63) is 47.8 Å². The summed E-state index contributed by atoms with van der Waals surface area (Å²) in [6, 6.07) is 11.7. The van der Waals surface area contributed by atoms with E-state index < -0.39 is 0 Å². The van der Waals surface area contributed by atoms with Crippen LogP contribution in [0.4, 0.5) is 0 Å². The van der Waals surface area contributed by atoms with E-state index in [1.54, 1.807) is 6.20 Å². The van der Waals surface area contributed by atoms with Crippen LogP contribution in [-0.4, -0.2) is 16.4 Å². The molecule has 4 nitrogen and oxygen atoms in total. The first kappa shape index (κ1) is 12.2. The molecule has 0 bridgehead atoms. The van der Waals surface area contributed by atoms with Crippen molar-refractivity contribution in [3.8, 4) is 11.8 Å². The van der Waals surface area contributed by atoms with Crippen molar-refractivity contribution in [2.75, 3.05) is 6.61 Å². The highest BCUT2D eigenvalue weighted by Crippen LogP contribution is 2.12. The molecule has 0 saturated carbocycles. The number of aryl methyl sites for hydroxylation is 1. The molecule has 2 aromatic rings. The molecule has 0 spiro atoms. The zero-order valence-corrected chi connectivity index (χ0v) is 10.3.